The van der Waals surface area contributed by atoms with Crippen LogP contribution in [0.4, 0.5) is 4.39 Å². The molecule has 0 amide bonds. The van der Waals surface area contributed by atoms with Gasteiger partial charge in [0.1, 0.15) is 5.82 Å². The van der Waals surface area contributed by atoms with Crippen LogP contribution < -0.4 is 5.59 Å². The first-order valence-electron chi connectivity index (χ1n) is 9.48. The van der Waals surface area contributed by atoms with E-state index in [1.807, 2.05) is 27.7 Å². The van der Waals surface area contributed by atoms with Crippen molar-refractivity contribution >= 4 is 12.7 Å². The number of nitrogens with zero attached hydrogens (tertiary/aromatic N) is 2. The molecule has 1 fully saturated rings. The third-order valence-electron chi connectivity index (χ3n) is 3.77. The first kappa shape index (κ1) is 8.71. The fourth-order valence-corrected chi connectivity index (χ4v) is 1.85. The summed E-state index contributed by atoms with van der Waals surface area (Å²) in [5.74, 6) is -1.29. The van der Waals surface area contributed by atoms with Gasteiger partial charge >= 0.3 is 7.12 Å². The Balaban J connectivity index is 2.17. The number of aromatic nitrogens is 2. The molecule has 0 aliphatic carbocycles. The van der Waals surface area contributed by atoms with Gasteiger partial charge in [0.15, 0.2) is 0 Å². The van der Waals surface area contributed by atoms with Crippen LogP contribution in [0.25, 0.3) is 5.69 Å². The van der Waals surface area contributed by atoms with Crippen LogP contribution in [0.3, 0.4) is 0 Å². The highest BCUT2D eigenvalue weighted by Gasteiger charge is 2.52. The SMILES string of the molecule is [2H]c1c([2H])c(F)c([2H])c(-n2nc(B3OC(C)(C)C(C)(C)O3)c([2H])c2[2H])c1[2H]. The van der Waals surface area contributed by atoms with E-state index >= 15 is 0 Å². The lowest BCUT2D eigenvalue weighted by Crippen LogP contribution is -2.41. The number of hydrogen-bond acceptors (Lipinski definition) is 3. The normalized spacial score (nSPS) is 24.0. The van der Waals surface area contributed by atoms with Gasteiger partial charge in [0.05, 0.1) is 30.7 Å². The molecular weight excluding hydrogens is 270 g/mol. The van der Waals surface area contributed by atoms with Crippen LogP contribution in [-0.4, -0.2) is 28.1 Å². The molecule has 21 heavy (non-hydrogen) atoms. The van der Waals surface area contributed by atoms with Crippen molar-refractivity contribution in [3.8, 4) is 5.69 Å². The van der Waals surface area contributed by atoms with Crippen molar-refractivity contribution in [2.45, 2.75) is 38.9 Å². The molecule has 0 unspecified atom stereocenters. The largest absolute Gasteiger partial charge is 0.516 e. The third kappa shape index (κ3) is 2.49. The summed E-state index contributed by atoms with van der Waals surface area (Å²) < 4.78 is 73.7. The number of benzene rings is 1. The van der Waals surface area contributed by atoms with Crippen LogP contribution in [0.1, 0.15) is 35.9 Å². The van der Waals surface area contributed by atoms with Crippen LogP contribution in [0.2, 0.25) is 0 Å². The fraction of sp³-hybridized carbons (Fsp3) is 0.400. The standard InChI is InChI=1S/C15H18BFN2O2/c1-14(2)15(3,4)21-16(20-14)13-8-9-19(18-13)12-7-5-6-11(17)10-12/h5-10H,1-4H3/i5D,6D,7D,8D,9D,10D. The van der Waals surface area contributed by atoms with Crippen LogP contribution in [0, 0.1) is 5.82 Å². The van der Waals surface area contributed by atoms with E-state index in [4.69, 9.17) is 17.5 Å². The van der Waals surface area contributed by atoms with Gasteiger partial charge in [0, 0.05) is 6.17 Å². The average molecular weight is 294 g/mol. The Morgan fingerprint density at radius 1 is 1.19 bits per heavy atom. The van der Waals surface area contributed by atoms with Crippen molar-refractivity contribution in [2.75, 3.05) is 0 Å². The summed E-state index contributed by atoms with van der Waals surface area (Å²) in [6, 6.07) is -3.41. The maximum atomic E-state index is 14.1. The van der Waals surface area contributed by atoms with E-state index in [1.54, 1.807) is 0 Å². The molecule has 1 saturated heterocycles. The smallest absolute Gasteiger partial charge is 0.398 e. The predicted molar refractivity (Wildman–Crippen MR) is 79.2 cm³/mol. The zero-order valence-corrected chi connectivity index (χ0v) is 12.2. The molecule has 1 aliphatic rings. The van der Waals surface area contributed by atoms with Crippen molar-refractivity contribution in [2.24, 2.45) is 0 Å². The second kappa shape index (κ2) is 4.68. The van der Waals surface area contributed by atoms with Crippen LogP contribution in [0.5, 0.6) is 0 Å². The van der Waals surface area contributed by atoms with Gasteiger partial charge in [0.2, 0.25) is 0 Å². The van der Waals surface area contributed by atoms with E-state index in [-0.39, 0.29) is 11.6 Å². The molecule has 0 spiro atoms. The lowest BCUT2D eigenvalue weighted by atomic mass is 9.85. The summed E-state index contributed by atoms with van der Waals surface area (Å²) in [6.07, 6.45) is -0.502. The molecule has 2 aromatic rings. The Labute approximate surface area is 132 Å². The van der Waals surface area contributed by atoms with Gasteiger partial charge in [-0.1, -0.05) is 6.04 Å². The van der Waals surface area contributed by atoms with E-state index in [0.29, 0.717) is 0 Å². The summed E-state index contributed by atoms with van der Waals surface area (Å²) >= 11 is 0. The number of halogens is 1. The molecule has 4 nitrogen and oxygen atoms in total. The number of rotatable bonds is 2. The van der Waals surface area contributed by atoms with E-state index < -0.39 is 60.2 Å². The van der Waals surface area contributed by atoms with Gasteiger partial charge in [-0.05, 0) is 51.9 Å². The van der Waals surface area contributed by atoms with Crippen LogP contribution in [-0.2, 0) is 9.31 Å². The molecule has 0 N–H and O–H groups in total. The molecule has 0 atom stereocenters. The van der Waals surface area contributed by atoms with Crippen molar-refractivity contribution in [1.82, 2.24) is 9.78 Å². The van der Waals surface area contributed by atoms with Crippen LogP contribution in [0.15, 0.2) is 36.4 Å². The molecule has 0 saturated carbocycles. The van der Waals surface area contributed by atoms with Gasteiger partial charge in [-0.3, -0.25) is 0 Å². The van der Waals surface area contributed by atoms with E-state index in [9.17, 15) is 4.39 Å². The lowest BCUT2D eigenvalue weighted by Gasteiger charge is -2.32. The molecule has 6 heteroatoms. The minimum atomic E-state index is -1.29. The fourth-order valence-electron chi connectivity index (χ4n) is 1.85. The molecule has 1 aromatic heterocycles. The Morgan fingerprint density at radius 2 is 1.86 bits per heavy atom. The summed E-state index contributed by atoms with van der Waals surface area (Å²) in [5, 5.41) is 4.07. The third-order valence-corrected chi connectivity index (χ3v) is 3.77. The van der Waals surface area contributed by atoms with Gasteiger partial charge in [0.25, 0.3) is 0 Å². The molecule has 1 aliphatic heterocycles. The Kier molecular flexibility index (Phi) is 1.94. The molecule has 0 bridgehead atoms. The van der Waals surface area contributed by atoms with E-state index in [0.717, 1.165) is 4.68 Å². The Hall–Kier alpha value is -1.66. The number of hydrogen-bond donors (Lipinski definition) is 0. The van der Waals surface area contributed by atoms with Crippen molar-refractivity contribution < 1.29 is 21.9 Å². The first-order valence-corrected chi connectivity index (χ1v) is 6.48. The summed E-state index contributed by atoms with van der Waals surface area (Å²) in [4.78, 5) is 0. The highest BCUT2D eigenvalue weighted by Crippen LogP contribution is 2.36. The maximum Gasteiger partial charge on any atom is 0.516 e. The zero-order valence-electron chi connectivity index (χ0n) is 18.2. The Bertz CT molecular complexity index is 904. The van der Waals surface area contributed by atoms with Gasteiger partial charge in [-0.2, -0.15) is 5.10 Å². The topological polar surface area (TPSA) is 36.3 Å². The summed E-state index contributed by atoms with van der Waals surface area (Å²) in [7, 11) is -1.05. The predicted octanol–water partition coefficient (Wildman–Crippen LogP) is 2.31. The quantitative estimate of drug-likeness (QED) is 0.798. The second-order valence-corrected chi connectivity index (χ2v) is 5.78. The first-order chi connectivity index (χ1) is 12.3. The van der Waals surface area contributed by atoms with Crippen molar-refractivity contribution in [1.29, 1.82) is 0 Å². The van der Waals surface area contributed by atoms with Gasteiger partial charge < -0.3 is 9.31 Å². The molecule has 2 heterocycles. The molecule has 1 aromatic carbocycles. The molecule has 0 radical (unpaired) electrons. The summed E-state index contributed by atoms with van der Waals surface area (Å²) in [6.45, 7) is 7.25. The van der Waals surface area contributed by atoms with Crippen molar-refractivity contribution in [3.63, 3.8) is 0 Å². The average Bonchev–Trinajstić information content (AvgIpc) is 2.97. The van der Waals surface area contributed by atoms with Gasteiger partial charge in [-0.25, -0.2) is 9.07 Å². The highest BCUT2D eigenvalue weighted by atomic mass is 19.1. The Morgan fingerprint density at radius 3 is 2.52 bits per heavy atom. The van der Waals surface area contributed by atoms with E-state index in [2.05, 4.69) is 5.10 Å². The highest BCUT2D eigenvalue weighted by molar-refractivity contribution is 6.61. The molecule has 3 rings (SSSR count). The van der Waals surface area contributed by atoms with Crippen LogP contribution >= 0.6 is 0 Å². The monoisotopic (exact) mass is 294 g/mol. The summed E-state index contributed by atoms with van der Waals surface area (Å²) in [5.41, 5.74) is -1.93. The van der Waals surface area contributed by atoms with Gasteiger partial charge in [-0.15, -0.1) is 0 Å². The maximum absolute atomic E-state index is 14.1. The second-order valence-electron chi connectivity index (χ2n) is 5.78. The zero-order chi connectivity index (χ0) is 20.5. The molecule has 110 valence electrons. The van der Waals surface area contributed by atoms with Crippen molar-refractivity contribution in [3.05, 3.63) is 42.2 Å². The molecular formula is C15H18BFN2O2. The lowest BCUT2D eigenvalue weighted by molar-refractivity contribution is 0.00578. The minimum Gasteiger partial charge on any atom is -0.398 e. The van der Waals surface area contributed by atoms with E-state index in [1.165, 1.54) is 0 Å². The minimum absolute atomic E-state index is 0.0423.